The molecule has 0 spiro atoms. The molecule has 3 rings (SSSR count). The van der Waals surface area contributed by atoms with Gasteiger partial charge in [0.1, 0.15) is 10.6 Å². The van der Waals surface area contributed by atoms with Gasteiger partial charge in [-0.3, -0.25) is 4.90 Å². The number of aromatic nitrogens is 1. The quantitative estimate of drug-likeness (QED) is 0.796. The fraction of sp³-hybridized carbons (Fsp3) is 0.400. The number of fused-ring (bicyclic) bond motifs is 1. The molecule has 0 saturated carbocycles. The first kappa shape index (κ1) is 17.2. The molecular formula is C15H19N3O4S2. The van der Waals surface area contributed by atoms with E-state index in [1.165, 1.54) is 34.3 Å². The molecule has 24 heavy (non-hydrogen) atoms. The zero-order chi connectivity index (χ0) is 17.3. The van der Waals surface area contributed by atoms with Crippen LogP contribution < -0.4 is 4.72 Å². The van der Waals surface area contributed by atoms with Crippen LogP contribution in [0, 0.1) is 0 Å². The monoisotopic (exact) mass is 369 g/mol. The van der Waals surface area contributed by atoms with Crippen molar-refractivity contribution in [1.82, 2.24) is 14.2 Å². The third-order valence-electron chi connectivity index (χ3n) is 4.12. The molecule has 9 heteroatoms. The topological polar surface area (TPSA) is 91.6 Å². The van der Waals surface area contributed by atoms with Crippen molar-refractivity contribution >= 4 is 27.3 Å². The predicted octanol–water partition coefficient (Wildman–Crippen LogP) is 1.12. The van der Waals surface area contributed by atoms with Gasteiger partial charge in [0.2, 0.25) is 10.0 Å². The molecule has 2 aromatic heterocycles. The Labute approximate surface area is 144 Å². The SMILES string of the molecule is Cn1cc(S(=O)(=O)NCCN2CCc3sccc3C2)cc1C(=O)O. The lowest BCUT2D eigenvalue weighted by molar-refractivity contribution is 0.0686. The number of thiophene rings is 1. The molecule has 130 valence electrons. The van der Waals surface area contributed by atoms with Crippen molar-refractivity contribution < 1.29 is 18.3 Å². The van der Waals surface area contributed by atoms with E-state index in [9.17, 15) is 13.2 Å². The van der Waals surface area contributed by atoms with E-state index in [0.717, 1.165) is 19.5 Å². The maximum absolute atomic E-state index is 12.3. The summed E-state index contributed by atoms with van der Waals surface area (Å²) in [6, 6.07) is 3.29. The Balaban J connectivity index is 1.58. The van der Waals surface area contributed by atoms with Crippen molar-refractivity contribution in [2.45, 2.75) is 17.9 Å². The molecule has 0 unspecified atom stereocenters. The van der Waals surface area contributed by atoms with E-state index in [1.54, 1.807) is 11.3 Å². The van der Waals surface area contributed by atoms with Gasteiger partial charge in [0.15, 0.2) is 0 Å². The molecule has 0 aliphatic carbocycles. The van der Waals surface area contributed by atoms with Gasteiger partial charge < -0.3 is 9.67 Å². The van der Waals surface area contributed by atoms with E-state index < -0.39 is 16.0 Å². The Morgan fingerprint density at radius 2 is 2.25 bits per heavy atom. The van der Waals surface area contributed by atoms with E-state index in [-0.39, 0.29) is 10.6 Å². The summed E-state index contributed by atoms with van der Waals surface area (Å²) >= 11 is 1.77. The minimum absolute atomic E-state index is 0.0267. The van der Waals surface area contributed by atoms with Gasteiger partial charge >= 0.3 is 5.97 Å². The number of hydrogen-bond acceptors (Lipinski definition) is 5. The van der Waals surface area contributed by atoms with Gasteiger partial charge in [0.05, 0.1) is 0 Å². The number of sulfonamides is 1. The first-order valence-corrected chi connectivity index (χ1v) is 9.90. The fourth-order valence-electron chi connectivity index (χ4n) is 2.81. The zero-order valence-corrected chi connectivity index (χ0v) is 14.9. The standard InChI is InChI=1S/C15H19N3O4S2/c1-17-10-12(8-13(17)15(19)20)24(21,22)16-4-6-18-5-2-14-11(9-18)3-7-23-14/h3,7-8,10,16H,2,4-6,9H2,1H3,(H,19,20). The number of carboxylic acids is 1. The van der Waals surface area contributed by atoms with Crippen LogP contribution in [-0.2, 0) is 30.0 Å². The largest absolute Gasteiger partial charge is 0.477 e. The highest BCUT2D eigenvalue weighted by Gasteiger charge is 2.21. The van der Waals surface area contributed by atoms with Crippen LogP contribution in [0.1, 0.15) is 20.9 Å². The van der Waals surface area contributed by atoms with Crippen molar-refractivity contribution in [3.8, 4) is 0 Å². The Morgan fingerprint density at radius 1 is 1.46 bits per heavy atom. The Morgan fingerprint density at radius 3 is 2.96 bits per heavy atom. The summed E-state index contributed by atoms with van der Waals surface area (Å²) in [7, 11) is -2.20. The minimum Gasteiger partial charge on any atom is -0.477 e. The molecule has 0 radical (unpaired) electrons. The number of nitrogens with zero attached hydrogens (tertiary/aromatic N) is 2. The number of aromatic carboxylic acids is 1. The van der Waals surface area contributed by atoms with Crippen LogP contribution in [-0.4, -0.2) is 48.6 Å². The van der Waals surface area contributed by atoms with Crippen LogP contribution in [0.2, 0.25) is 0 Å². The number of aryl methyl sites for hydroxylation is 1. The summed E-state index contributed by atoms with van der Waals surface area (Å²) in [4.78, 5) is 14.6. The van der Waals surface area contributed by atoms with E-state index in [4.69, 9.17) is 5.11 Å². The van der Waals surface area contributed by atoms with Gasteiger partial charge in [-0.05, 0) is 29.5 Å². The average molecular weight is 369 g/mol. The van der Waals surface area contributed by atoms with Crippen LogP contribution >= 0.6 is 11.3 Å². The third-order valence-corrected chi connectivity index (χ3v) is 6.57. The summed E-state index contributed by atoms with van der Waals surface area (Å²) in [5.41, 5.74) is 1.26. The minimum atomic E-state index is -3.70. The molecule has 2 N–H and O–H groups in total. The number of rotatable bonds is 6. The van der Waals surface area contributed by atoms with E-state index in [1.807, 2.05) is 0 Å². The predicted molar refractivity (Wildman–Crippen MR) is 90.9 cm³/mol. The molecule has 7 nitrogen and oxygen atoms in total. The van der Waals surface area contributed by atoms with Crippen LogP contribution in [0.25, 0.3) is 0 Å². The highest BCUT2D eigenvalue weighted by Crippen LogP contribution is 2.23. The Bertz CT molecular complexity index is 854. The zero-order valence-electron chi connectivity index (χ0n) is 13.2. The number of carbonyl (C=O) groups is 1. The lowest BCUT2D eigenvalue weighted by Crippen LogP contribution is -2.37. The molecule has 0 atom stereocenters. The molecule has 0 amide bonds. The smallest absolute Gasteiger partial charge is 0.352 e. The third kappa shape index (κ3) is 3.54. The van der Waals surface area contributed by atoms with Crippen LogP contribution in [0.3, 0.4) is 0 Å². The molecule has 0 bridgehead atoms. The lowest BCUT2D eigenvalue weighted by atomic mass is 10.1. The first-order valence-electron chi connectivity index (χ1n) is 7.54. The van der Waals surface area contributed by atoms with Crippen molar-refractivity contribution in [2.24, 2.45) is 7.05 Å². The second kappa shape index (κ2) is 6.67. The summed E-state index contributed by atoms with van der Waals surface area (Å²) in [5.74, 6) is -1.15. The molecule has 0 fully saturated rings. The summed E-state index contributed by atoms with van der Waals surface area (Å²) in [6.45, 7) is 2.67. The summed E-state index contributed by atoms with van der Waals surface area (Å²) < 4.78 is 28.4. The fourth-order valence-corrected chi connectivity index (χ4v) is 4.79. The van der Waals surface area contributed by atoms with Crippen LogP contribution in [0.15, 0.2) is 28.6 Å². The van der Waals surface area contributed by atoms with E-state index in [0.29, 0.717) is 13.1 Å². The highest BCUT2D eigenvalue weighted by molar-refractivity contribution is 7.89. The Hall–Kier alpha value is -1.68. The van der Waals surface area contributed by atoms with Crippen molar-refractivity contribution in [3.05, 3.63) is 39.8 Å². The average Bonchev–Trinajstić information content (AvgIpc) is 3.13. The summed E-state index contributed by atoms with van der Waals surface area (Å²) in [6.07, 6.45) is 2.31. The maximum Gasteiger partial charge on any atom is 0.352 e. The maximum atomic E-state index is 12.3. The van der Waals surface area contributed by atoms with E-state index in [2.05, 4.69) is 21.1 Å². The molecule has 1 aliphatic rings. The molecule has 1 aliphatic heterocycles. The summed E-state index contributed by atoms with van der Waals surface area (Å²) in [5, 5.41) is 11.1. The molecule has 2 aromatic rings. The van der Waals surface area contributed by atoms with E-state index >= 15 is 0 Å². The highest BCUT2D eigenvalue weighted by atomic mass is 32.2. The molecule has 0 aromatic carbocycles. The molecular weight excluding hydrogens is 350 g/mol. The molecule has 0 saturated heterocycles. The first-order chi connectivity index (χ1) is 11.4. The van der Waals surface area contributed by atoms with Crippen molar-refractivity contribution in [1.29, 1.82) is 0 Å². The normalized spacial score (nSPS) is 15.4. The van der Waals surface area contributed by atoms with Crippen molar-refractivity contribution in [2.75, 3.05) is 19.6 Å². The number of hydrogen-bond donors (Lipinski definition) is 2. The number of nitrogens with one attached hydrogen (secondary N) is 1. The lowest BCUT2D eigenvalue weighted by Gasteiger charge is -2.26. The van der Waals surface area contributed by atoms with Crippen molar-refractivity contribution in [3.63, 3.8) is 0 Å². The van der Waals surface area contributed by atoms with Gasteiger partial charge in [-0.1, -0.05) is 0 Å². The molecule has 3 heterocycles. The van der Waals surface area contributed by atoms with Crippen LogP contribution in [0.4, 0.5) is 0 Å². The van der Waals surface area contributed by atoms with Gasteiger partial charge in [-0.25, -0.2) is 17.9 Å². The second-order valence-corrected chi connectivity index (χ2v) is 8.54. The van der Waals surface area contributed by atoms with Gasteiger partial charge in [0.25, 0.3) is 0 Å². The second-order valence-electron chi connectivity index (χ2n) is 5.77. The Kier molecular flexibility index (Phi) is 4.77. The van der Waals surface area contributed by atoms with Gasteiger partial charge in [-0.15, -0.1) is 11.3 Å². The van der Waals surface area contributed by atoms with Gasteiger partial charge in [-0.2, -0.15) is 0 Å². The number of carboxylic acid groups (broad SMARTS) is 1. The van der Waals surface area contributed by atoms with Gasteiger partial charge in [0, 0.05) is 44.3 Å². The van der Waals surface area contributed by atoms with Crippen LogP contribution in [0.5, 0.6) is 0 Å².